The van der Waals surface area contributed by atoms with Gasteiger partial charge in [0.2, 0.25) is 10.0 Å². The van der Waals surface area contributed by atoms with Crippen LogP contribution in [0, 0.1) is 6.92 Å². The van der Waals surface area contributed by atoms with E-state index in [0.717, 1.165) is 0 Å². The predicted octanol–water partition coefficient (Wildman–Crippen LogP) is 2.81. The topological polar surface area (TPSA) is 83.5 Å². The van der Waals surface area contributed by atoms with E-state index in [1.165, 1.54) is 19.1 Å². The highest BCUT2D eigenvalue weighted by Gasteiger charge is 2.24. The second-order valence-electron chi connectivity index (χ2n) is 4.52. The van der Waals surface area contributed by atoms with Crippen LogP contribution in [0.1, 0.15) is 42.6 Å². The zero-order valence-corrected chi connectivity index (χ0v) is 13.2. The molecule has 0 radical (unpaired) electrons. The van der Waals surface area contributed by atoms with Crippen LogP contribution in [0.25, 0.3) is 0 Å². The minimum absolute atomic E-state index is 0.0814. The van der Waals surface area contributed by atoms with Crippen molar-refractivity contribution in [3.05, 3.63) is 28.3 Å². The van der Waals surface area contributed by atoms with Gasteiger partial charge in [0.1, 0.15) is 0 Å². The summed E-state index contributed by atoms with van der Waals surface area (Å²) >= 11 is 5.82. The van der Waals surface area contributed by atoms with Gasteiger partial charge in [0, 0.05) is 11.1 Å². The van der Waals surface area contributed by atoms with Crippen LogP contribution >= 0.6 is 11.6 Å². The number of hydrogen-bond donors (Lipinski definition) is 2. The van der Waals surface area contributed by atoms with Crippen molar-refractivity contribution in [3.63, 3.8) is 0 Å². The second kappa shape index (κ2) is 6.56. The molecule has 0 aromatic heterocycles. The molecule has 0 aliphatic rings. The molecule has 5 nitrogen and oxygen atoms in total. The fraction of sp³-hybridized carbons (Fsp3) is 0.462. The Morgan fingerprint density at radius 1 is 1.35 bits per heavy atom. The molecule has 0 atom stereocenters. The molecule has 112 valence electrons. The maximum atomic E-state index is 12.3. The highest BCUT2D eigenvalue weighted by Crippen LogP contribution is 2.25. The number of benzene rings is 1. The van der Waals surface area contributed by atoms with E-state index in [2.05, 4.69) is 4.72 Å². The van der Waals surface area contributed by atoms with Gasteiger partial charge in [-0.25, -0.2) is 17.9 Å². The van der Waals surface area contributed by atoms with Crippen LogP contribution < -0.4 is 4.72 Å². The summed E-state index contributed by atoms with van der Waals surface area (Å²) in [5.41, 5.74) is 0.0720. The van der Waals surface area contributed by atoms with Crippen molar-refractivity contribution >= 4 is 27.6 Å². The van der Waals surface area contributed by atoms with Crippen molar-refractivity contribution < 1.29 is 18.3 Å². The number of hydrogen-bond acceptors (Lipinski definition) is 3. The lowest BCUT2D eigenvalue weighted by molar-refractivity contribution is 0.0696. The molecule has 0 saturated heterocycles. The molecule has 0 aliphatic carbocycles. The second-order valence-corrected chi connectivity index (χ2v) is 6.64. The minimum Gasteiger partial charge on any atom is -0.478 e. The number of halogens is 1. The van der Waals surface area contributed by atoms with E-state index in [1.54, 1.807) is 0 Å². The summed E-state index contributed by atoms with van der Waals surface area (Å²) in [6.45, 7) is 5.22. The zero-order chi connectivity index (χ0) is 15.5. The Morgan fingerprint density at radius 3 is 2.35 bits per heavy atom. The van der Waals surface area contributed by atoms with Gasteiger partial charge in [-0.2, -0.15) is 0 Å². The van der Waals surface area contributed by atoms with Crippen molar-refractivity contribution in [2.45, 2.75) is 44.6 Å². The van der Waals surface area contributed by atoms with Crippen LogP contribution in [0.15, 0.2) is 17.0 Å². The molecule has 1 aromatic carbocycles. The summed E-state index contributed by atoms with van der Waals surface area (Å²) < 4.78 is 27.3. The number of sulfonamides is 1. The summed E-state index contributed by atoms with van der Waals surface area (Å²) in [6, 6.07) is 2.33. The molecule has 0 fully saturated rings. The van der Waals surface area contributed by atoms with Gasteiger partial charge in [-0.3, -0.25) is 0 Å². The Kier molecular flexibility index (Phi) is 5.56. The summed E-state index contributed by atoms with van der Waals surface area (Å²) in [6.07, 6.45) is 1.31. The molecule has 20 heavy (non-hydrogen) atoms. The van der Waals surface area contributed by atoms with Crippen molar-refractivity contribution in [2.75, 3.05) is 0 Å². The van der Waals surface area contributed by atoms with Gasteiger partial charge in [-0.05, 0) is 37.5 Å². The minimum atomic E-state index is -3.79. The number of carboxylic acid groups (broad SMARTS) is 1. The maximum Gasteiger partial charge on any atom is 0.336 e. The Hall–Kier alpha value is -1.11. The molecule has 0 spiro atoms. The van der Waals surface area contributed by atoms with Gasteiger partial charge in [0.15, 0.2) is 0 Å². The fourth-order valence-corrected chi connectivity index (χ4v) is 3.87. The molecular weight excluding hydrogens is 302 g/mol. The molecular formula is C13H18ClNO4S. The van der Waals surface area contributed by atoms with Crippen LogP contribution in [-0.2, 0) is 10.0 Å². The van der Waals surface area contributed by atoms with Crippen molar-refractivity contribution in [3.8, 4) is 0 Å². The van der Waals surface area contributed by atoms with Gasteiger partial charge in [0.25, 0.3) is 0 Å². The quantitative estimate of drug-likeness (QED) is 0.844. The van der Waals surface area contributed by atoms with E-state index < -0.39 is 16.0 Å². The van der Waals surface area contributed by atoms with E-state index in [4.69, 9.17) is 16.7 Å². The lowest BCUT2D eigenvalue weighted by atomic mass is 10.1. The monoisotopic (exact) mass is 319 g/mol. The third kappa shape index (κ3) is 3.71. The largest absolute Gasteiger partial charge is 0.478 e. The third-order valence-electron chi connectivity index (χ3n) is 3.15. The molecule has 1 rings (SSSR count). The lowest BCUT2D eigenvalue weighted by Crippen LogP contribution is -2.34. The van der Waals surface area contributed by atoms with E-state index in [0.29, 0.717) is 12.8 Å². The Bertz CT molecular complexity index is 609. The Morgan fingerprint density at radius 2 is 1.90 bits per heavy atom. The van der Waals surface area contributed by atoms with Gasteiger partial charge in [-0.1, -0.05) is 25.4 Å². The molecule has 2 N–H and O–H groups in total. The predicted molar refractivity (Wildman–Crippen MR) is 77.8 cm³/mol. The standard InChI is InChI=1S/C13H18ClNO4S/c1-4-10(5-2)15-20(18,19)12-7-9(14)6-11(8(12)3)13(16)17/h6-7,10,15H,4-5H2,1-3H3,(H,16,17). The van der Waals surface area contributed by atoms with E-state index in [1.807, 2.05) is 13.8 Å². The summed E-state index contributed by atoms with van der Waals surface area (Å²) in [4.78, 5) is 11.0. The molecule has 7 heteroatoms. The van der Waals surface area contributed by atoms with Crippen molar-refractivity contribution in [1.82, 2.24) is 4.72 Å². The van der Waals surface area contributed by atoms with Crippen LogP contribution in [0.4, 0.5) is 0 Å². The van der Waals surface area contributed by atoms with Gasteiger partial charge >= 0.3 is 5.97 Å². The number of nitrogens with one attached hydrogen (secondary N) is 1. The number of aromatic carboxylic acids is 1. The first-order valence-corrected chi connectivity index (χ1v) is 8.14. The zero-order valence-electron chi connectivity index (χ0n) is 11.6. The van der Waals surface area contributed by atoms with E-state index >= 15 is 0 Å². The average Bonchev–Trinajstić information content (AvgIpc) is 2.37. The van der Waals surface area contributed by atoms with Gasteiger partial charge in [-0.15, -0.1) is 0 Å². The van der Waals surface area contributed by atoms with E-state index in [-0.39, 0.29) is 27.1 Å². The summed E-state index contributed by atoms with van der Waals surface area (Å²) in [5.74, 6) is -1.20. The molecule has 0 heterocycles. The normalized spacial score (nSPS) is 11.8. The molecule has 0 unspecified atom stereocenters. The van der Waals surface area contributed by atoms with Crippen molar-refractivity contribution in [2.24, 2.45) is 0 Å². The SMILES string of the molecule is CCC(CC)NS(=O)(=O)c1cc(Cl)cc(C(=O)O)c1C. The smallest absolute Gasteiger partial charge is 0.336 e. The first-order chi connectivity index (χ1) is 9.22. The van der Waals surface area contributed by atoms with Crippen LogP contribution in [0.5, 0.6) is 0 Å². The number of carboxylic acids is 1. The highest BCUT2D eigenvalue weighted by molar-refractivity contribution is 7.89. The van der Waals surface area contributed by atoms with Crippen LogP contribution in [0.2, 0.25) is 5.02 Å². The third-order valence-corrected chi connectivity index (χ3v) is 5.02. The maximum absolute atomic E-state index is 12.3. The number of rotatable bonds is 6. The van der Waals surface area contributed by atoms with Crippen LogP contribution in [0.3, 0.4) is 0 Å². The number of carbonyl (C=O) groups is 1. The Balaban J connectivity index is 3.35. The molecule has 0 saturated carbocycles. The first kappa shape index (κ1) is 16.9. The Labute approximate surface area is 124 Å². The fourth-order valence-electron chi connectivity index (χ4n) is 1.89. The summed E-state index contributed by atoms with van der Waals surface area (Å²) in [7, 11) is -3.79. The first-order valence-electron chi connectivity index (χ1n) is 6.28. The average molecular weight is 320 g/mol. The highest BCUT2D eigenvalue weighted by atomic mass is 35.5. The van der Waals surface area contributed by atoms with Crippen molar-refractivity contribution in [1.29, 1.82) is 0 Å². The van der Waals surface area contributed by atoms with Crippen LogP contribution in [-0.4, -0.2) is 25.5 Å². The van der Waals surface area contributed by atoms with E-state index in [9.17, 15) is 13.2 Å². The van der Waals surface area contributed by atoms with Gasteiger partial charge < -0.3 is 5.11 Å². The lowest BCUT2D eigenvalue weighted by Gasteiger charge is -2.17. The van der Waals surface area contributed by atoms with Gasteiger partial charge in [0.05, 0.1) is 10.5 Å². The summed E-state index contributed by atoms with van der Waals surface area (Å²) in [5, 5.41) is 9.16. The molecule has 1 aromatic rings. The molecule has 0 bridgehead atoms. The molecule has 0 aliphatic heterocycles. The molecule has 0 amide bonds.